The molecular weight excluding hydrogens is 328 g/mol. The van der Waals surface area contributed by atoms with Crippen LogP contribution in [0.3, 0.4) is 0 Å². The van der Waals surface area contributed by atoms with Gasteiger partial charge in [0.1, 0.15) is 0 Å². The molecule has 0 spiro atoms. The Morgan fingerprint density at radius 2 is 1.60 bits per heavy atom. The van der Waals surface area contributed by atoms with Crippen LogP contribution in [0.1, 0.15) is 30.4 Å². The van der Waals surface area contributed by atoms with E-state index in [4.69, 9.17) is 0 Å². The smallest absolute Gasteiger partial charge is 0.230 e. The molecule has 1 aliphatic heterocycles. The largest absolute Gasteiger partial charge is 0.351 e. The summed E-state index contributed by atoms with van der Waals surface area (Å²) in [6.07, 6.45) is 4.02. The number of carbonyl (C=O) groups excluding carboxylic acids is 1. The van der Waals surface area contributed by atoms with E-state index < -0.39 is 0 Å². The Kier molecular flexibility index (Phi) is 6.95. The standard InChI is InChI=1S/C21H26N2OS/c24-21(17-25-20-7-3-1-4-8-20)22-15-18-9-11-19(12-10-18)16-23-13-5-2-6-14-23/h1,3-4,7-12H,2,5-6,13-17H2,(H,22,24). The lowest BCUT2D eigenvalue weighted by Gasteiger charge is -2.26. The number of nitrogens with zero attached hydrogens (tertiary/aromatic N) is 1. The molecule has 1 N–H and O–H groups in total. The van der Waals surface area contributed by atoms with Crippen LogP contribution in [0.15, 0.2) is 59.5 Å². The molecule has 25 heavy (non-hydrogen) atoms. The molecule has 0 radical (unpaired) electrons. The van der Waals surface area contributed by atoms with Crippen molar-refractivity contribution >= 4 is 17.7 Å². The van der Waals surface area contributed by atoms with Gasteiger partial charge in [0.05, 0.1) is 5.75 Å². The van der Waals surface area contributed by atoms with Crippen LogP contribution in [-0.2, 0) is 17.9 Å². The number of amides is 1. The number of thioether (sulfide) groups is 1. The van der Waals surface area contributed by atoms with Gasteiger partial charge >= 0.3 is 0 Å². The summed E-state index contributed by atoms with van der Waals surface area (Å²) in [6.45, 7) is 4.08. The Morgan fingerprint density at radius 1 is 0.920 bits per heavy atom. The third kappa shape index (κ3) is 6.22. The van der Waals surface area contributed by atoms with Crippen LogP contribution in [0.5, 0.6) is 0 Å². The van der Waals surface area contributed by atoms with E-state index in [0.29, 0.717) is 12.3 Å². The molecule has 0 unspecified atom stereocenters. The van der Waals surface area contributed by atoms with Crippen LogP contribution in [0.4, 0.5) is 0 Å². The fraction of sp³-hybridized carbons (Fsp3) is 0.381. The van der Waals surface area contributed by atoms with Crippen molar-refractivity contribution < 1.29 is 4.79 Å². The number of hydrogen-bond acceptors (Lipinski definition) is 3. The molecule has 3 rings (SSSR count). The van der Waals surface area contributed by atoms with Crippen molar-refractivity contribution in [2.24, 2.45) is 0 Å². The summed E-state index contributed by atoms with van der Waals surface area (Å²) in [5.74, 6) is 0.531. The fourth-order valence-corrected chi connectivity index (χ4v) is 3.80. The minimum Gasteiger partial charge on any atom is -0.351 e. The highest BCUT2D eigenvalue weighted by Gasteiger charge is 2.10. The Bertz CT molecular complexity index is 651. The van der Waals surface area contributed by atoms with Gasteiger partial charge in [0.25, 0.3) is 0 Å². The second-order valence-corrected chi connectivity index (χ2v) is 7.58. The van der Waals surface area contributed by atoms with Crippen LogP contribution in [-0.4, -0.2) is 29.6 Å². The lowest BCUT2D eigenvalue weighted by molar-refractivity contribution is -0.118. The molecule has 1 heterocycles. The lowest BCUT2D eigenvalue weighted by Crippen LogP contribution is -2.29. The molecule has 3 nitrogen and oxygen atoms in total. The van der Waals surface area contributed by atoms with Crippen molar-refractivity contribution in [3.05, 3.63) is 65.7 Å². The third-order valence-corrected chi connectivity index (χ3v) is 5.49. The predicted molar refractivity (Wildman–Crippen MR) is 105 cm³/mol. The van der Waals surface area contributed by atoms with E-state index in [2.05, 4.69) is 34.5 Å². The van der Waals surface area contributed by atoms with Gasteiger partial charge in [-0.05, 0) is 49.2 Å². The van der Waals surface area contributed by atoms with Crippen LogP contribution < -0.4 is 5.32 Å². The highest BCUT2D eigenvalue weighted by atomic mass is 32.2. The SMILES string of the molecule is O=C(CSc1ccccc1)NCc1ccc(CN2CCCCC2)cc1. The summed E-state index contributed by atoms with van der Waals surface area (Å²) in [5, 5.41) is 3.00. The average molecular weight is 355 g/mol. The van der Waals surface area contributed by atoms with Gasteiger partial charge in [0.2, 0.25) is 5.91 Å². The van der Waals surface area contributed by atoms with Gasteiger partial charge in [-0.3, -0.25) is 9.69 Å². The summed E-state index contributed by atoms with van der Waals surface area (Å²) < 4.78 is 0. The molecule has 0 aliphatic carbocycles. The minimum atomic E-state index is 0.0752. The molecule has 0 atom stereocenters. The Balaban J connectivity index is 1.39. The van der Waals surface area contributed by atoms with Gasteiger partial charge in [0, 0.05) is 18.0 Å². The monoisotopic (exact) mass is 354 g/mol. The summed E-state index contributed by atoms with van der Waals surface area (Å²) >= 11 is 1.57. The first-order valence-corrected chi connectivity index (χ1v) is 10.0. The van der Waals surface area contributed by atoms with E-state index in [1.54, 1.807) is 11.8 Å². The van der Waals surface area contributed by atoms with Gasteiger partial charge in [-0.15, -0.1) is 11.8 Å². The highest BCUT2D eigenvalue weighted by Crippen LogP contribution is 2.16. The Morgan fingerprint density at radius 3 is 2.32 bits per heavy atom. The maximum Gasteiger partial charge on any atom is 0.230 e. The fourth-order valence-electron chi connectivity index (χ4n) is 3.06. The molecule has 0 saturated carbocycles. The van der Waals surface area contributed by atoms with Gasteiger partial charge in [-0.25, -0.2) is 0 Å². The van der Waals surface area contributed by atoms with Crippen molar-refractivity contribution in [3.63, 3.8) is 0 Å². The van der Waals surface area contributed by atoms with E-state index in [-0.39, 0.29) is 5.91 Å². The number of rotatable bonds is 7. The Labute approximate surface area is 154 Å². The van der Waals surface area contributed by atoms with Crippen molar-refractivity contribution in [2.45, 2.75) is 37.2 Å². The first-order valence-electron chi connectivity index (χ1n) is 9.04. The molecule has 0 aromatic heterocycles. The average Bonchev–Trinajstić information content (AvgIpc) is 2.67. The molecular formula is C21H26N2OS. The van der Waals surface area contributed by atoms with Gasteiger partial charge in [-0.1, -0.05) is 48.9 Å². The zero-order chi connectivity index (χ0) is 17.3. The van der Waals surface area contributed by atoms with Crippen molar-refractivity contribution in [1.29, 1.82) is 0 Å². The molecule has 1 amide bonds. The molecule has 0 bridgehead atoms. The predicted octanol–water partition coefficient (Wildman–Crippen LogP) is 4.08. The zero-order valence-electron chi connectivity index (χ0n) is 14.6. The molecule has 2 aromatic rings. The van der Waals surface area contributed by atoms with E-state index in [9.17, 15) is 4.79 Å². The van der Waals surface area contributed by atoms with Crippen LogP contribution >= 0.6 is 11.8 Å². The molecule has 132 valence electrons. The summed E-state index contributed by atoms with van der Waals surface area (Å²) in [5.41, 5.74) is 2.51. The number of benzene rings is 2. The first-order chi connectivity index (χ1) is 12.3. The molecule has 2 aromatic carbocycles. The summed E-state index contributed by atoms with van der Waals surface area (Å²) in [6, 6.07) is 18.7. The molecule has 4 heteroatoms. The van der Waals surface area contributed by atoms with E-state index in [0.717, 1.165) is 17.0 Å². The normalized spacial score (nSPS) is 15.0. The van der Waals surface area contributed by atoms with E-state index >= 15 is 0 Å². The quantitative estimate of drug-likeness (QED) is 0.761. The van der Waals surface area contributed by atoms with Gasteiger partial charge < -0.3 is 5.32 Å². The first kappa shape index (κ1) is 18.0. The van der Waals surface area contributed by atoms with Crippen molar-refractivity contribution in [2.75, 3.05) is 18.8 Å². The lowest BCUT2D eigenvalue weighted by atomic mass is 10.1. The topological polar surface area (TPSA) is 32.3 Å². The number of piperidine rings is 1. The van der Waals surface area contributed by atoms with Crippen molar-refractivity contribution in [1.82, 2.24) is 10.2 Å². The van der Waals surface area contributed by atoms with Gasteiger partial charge in [0.15, 0.2) is 0 Å². The highest BCUT2D eigenvalue weighted by molar-refractivity contribution is 8.00. The summed E-state index contributed by atoms with van der Waals surface area (Å²) in [7, 11) is 0. The zero-order valence-corrected chi connectivity index (χ0v) is 15.4. The number of likely N-dealkylation sites (tertiary alicyclic amines) is 1. The second kappa shape index (κ2) is 9.64. The van der Waals surface area contributed by atoms with Crippen LogP contribution in [0.25, 0.3) is 0 Å². The Hall–Kier alpha value is -1.78. The number of hydrogen-bond donors (Lipinski definition) is 1. The van der Waals surface area contributed by atoms with E-state index in [1.165, 1.54) is 37.9 Å². The van der Waals surface area contributed by atoms with Crippen molar-refractivity contribution in [3.8, 4) is 0 Å². The molecule has 1 aliphatic rings. The number of carbonyl (C=O) groups is 1. The third-order valence-electron chi connectivity index (χ3n) is 4.48. The molecule has 1 saturated heterocycles. The van der Waals surface area contributed by atoms with E-state index in [1.807, 2.05) is 30.3 Å². The van der Waals surface area contributed by atoms with Gasteiger partial charge in [-0.2, -0.15) is 0 Å². The van der Waals surface area contributed by atoms with Crippen LogP contribution in [0.2, 0.25) is 0 Å². The maximum absolute atomic E-state index is 12.0. The summed E-state index contributed by atoms with van der Waals surface area (Å²) in [4.78, 5) is 15.6. The molecule has 1 fully saturated rings. The second-order valence-electron chi connectivity index (χ2n) is 6.53. The van der Waals surface area contributed by atoms with Crippen LogP contribution in [0, 0.1) is 0 Å². The maximum atomic E-state index is 12.0. The minimum absolute atomic E-state index is 0.0752. The number of nitrogens with one attached hydrogen (secondary N) is 1.